The minimum absolute atomic E-state index is 0.0853. The topological polar surface area (TPSA) is 49.3 Å². The molecule has 0 bridgehead atoms. The smallest absolute Gasteiger partial charge is 0.254 e. The summed E-state index contributed by atoms with van der Waals surface area (Å²) in [5.41, 5.74) is 2.67. The standard InChI is InChI=1S/C22H27FN4O/c1-17-5-2-6-19(25-17)14-26-11-3-8-22(15-26)9-4-12-27(16-22)21(28)18-7-10-24-20(23)13-18/h2,5-7,10,13H,3-4,8-9,11-12,14-16H2,1H3. The van der Waals surface area contributed by atoms with E-state index in [1.165, 1.54) is 12.3 Å². The Hall–Kier alpha value is -2.34. The summed E-state index contributed by atoms with van der Waals surface area (Å²) in [4.78, 5) is 25.5. The molecule has 2 aliphatic heterocycles. The molecule has 0 saturated carbocycles. The van der Waals surface area contributed by atoms with E-state index in [1.807, 2.05) is 17.9 Å². The van der Waals surface area contributed by atoms with E-state index in [0.29, 0.717) is 5.56 Å². The molecule has 4 rings (SSSR count). The van der Waals surface area contributed by atoms with Gasteiger partial charge in [-0.05, 0) is 57.4 Å². The van der Waals surface area contributed by atoms with Crippen LogP contribution in [0.15, 0.2) is 36.5 Å². The summed E-state index contributed by atoms with van der Waals surface area (Å²) in [6.07, 6.45) is 5.77. The fraction of sp³-hybridized carbons (Fsp3) is 0.500. The number of carbonyl (C=O) groups is 1. The molecule has 5 nitrogen and oxygen atoms in total. The molecule has 2 aromatic heterocycles. The van der Waals surface area contributed by atoms with Crippen LogP contribution in [0.25, 0.3) is 0 Å². The molecule has 28 heavy (non-hydrogen) atoms. The molecule has 2 aromatic rings. The maximum Gasteiger partial charge on any atom is 0.254 e. The van der Waals surface area contributed by atoms with Gasteiger partial charge in [0.25, 0.3) is 5.91 Å². The average Bonchev–Trinajstić information content (AvgIpc) is 2.67. The lowest BCUT2D eigenvalue weighted by molar-refractivity contribution is 0.0110. The number of pyridine rings is 2. The Balaban J connectivity index is 1.45. The molecule has 2 fully saturated rings. The van der Waals surface area contributed by atoms with Gasteiger partial charge in [0, 0.05) is 55.1 Å². The van der Waals surface area contributed by atoms with Crippen molar-refractivity contribution < 1.29 is 9.18 Å². The van der Waals surface area contributed by atoms with E-state index in [2.05, 4.69) is 27.0 Å². The highest BCUT2D eigenvalue weighted by molar-refractivity contribution is 5.94. The number of halogens is 1. The van der Waals surface area contributed by atoms with E-state index in [-0.39, 0.29) is 11.3 Å². The maximum absolute atomic E-state index is 13.4. The van der Waals surface area contributed by atoms with E-state index in [9.17, 15) is 9.18 Å². The summed E-state index contributed by atoms with van der Waals surface area (Å²) in [6, 6.07) is 9.01. The number of hydrogen-bond donors (Lipinski definition) is 0. The number of nitrogens with zero attached hydrogens (tertiary/aromatic N) is 4. The van der Waals surface area contributed by atoms with E-state index < -0.39 is 5.95 Å². The minimum atomic E-state index is -0.605. The molecule has 148 valence electrons. The van der Waals surface area contributed by atoms with Crippen LogP contribution in [-0.4, -0.2) is 51.9 Å². The van der Waals surface area contributed by atoms with Crippen molar-refractivity contribution in [3.8, 4) is 0 Å². The molecule has 0 N–H and O–H groups in total. The summed E-state index contributed by atoms with van der Waals surface area (Å²) >= 11 is 0. The zero-order chi connectivity index (χ0) is 19.6. The SMILES string of the molecule is Cc1cccc(CN2CCCC3(CCCN(C(=O)c4ccnc(F)c4)C3)C2)n1. The molecule has 0 aromatic carbocycles. The molecule has 2 saturated heterocycles. The van der Waals surface area contributed by atoms with Crippen LogP contribution in [0.3, 0.4) is 0 Å². The number of hydrogen-bond acceptors (Lipinski definition) is 4. The van der Waals surface area contributed by atoms with Gasteiger partial charge in [-0.2, -0.15) is 4.39 Å². The zero-order valence-corrected chi connectivity index (χ0v) is 16.4. The quantitative estimate of drug-likeness (QED) is 0.763. The van der Waals surface area contributed by atoms with Gasteiger partial charge in [-0.25, -0.2) is 4.98 Å². The first kappa shape index (κ1) is 19.0. The predicted molar refractivity (Wildman–Crippen MR) is 105 cm³/mol. The zero-order valence-electron chi connectivity index (χ0n) is 16.4. The van der Waals surface area contributed by atoms with Gasteiger partial charge < -0.3 is 4.90 Å². The van der Waals surface area contributed by atoms with Crippen LogP contribution in [0.4, 0.5) is 4.39 Å². The Morgan fingerprint density at radius 3 is 2.79 bits per heavy atom. The van der Waals surface area contributed by atoms with Crippen LogP contribution in [0.2, 0.25) is 0 Å². The fourth-order valence-electron chi connectivity index (χ4n) is 4.79. The number of aromatic nitrogens is 2. The maximum atomic E-state index is 13.4. The average molecular weight is 382 g/mol. The highest BCUT2D eigenvalue weighted by Gasteiger charge is 2.40. The summed E-state index contributed by atoms with van der Waals surface area (Å²) in [5, 5.41) is 0. The van der Waals surface area contributed by atoms with Gasteiger partial charge in [-0.15, -0.1) is 0 Å². The minimum Gasteiger partial charge on any atom is -0.338 e. The van der Waals surface area contributed by atoms with E-state index >= 15 is 0 Å². The van der Waals surface area contributed by atoms with Crippen molar-refractivity contribution >= 4 is 5.91 Å². The largest absolute Gasteiger partial charge is 0.338 e. The van der Waals surface area contributed by atoms with Crippen molar-refractivity contribution in [1.29, 1.82) is 0 Å². The number of aryl methyl sites for hydroxylation is 1. The number of rotatable bonds is 3. The van der Waals surface area contributed by atoms with E-state index in [1.54, 1.807) is 6.07 Å². The second-order valence-corrected chi connectivity index (χ2v) is 8.28. The molecule has 0 radical (unpaired) electrons. The third-order valence-electron chi connectivity index (χ3n) is 5.99. The Kier molecular flexibility index (Phi) is 5.40. The number of likely N-dealkylation sites (tertiary alicyclic amines) is 2. The molecule has 2 aliphatic rings. The second-order valence-electron chi connectivity index (χ2n) is 8.28. The molecule has 1 atom stereocenters. The van der Waals surface area contributed by atoms with Crippen molar-refractivity contribution in [3.63, 3.8) is 0 Å². The van der Waals surface area contributed by atoms with Gasteiger partial charge >= 0.3 is 0 Å². The van der Waals surface area contributed by atoms with Crippen molar-refractivity contribution in [2.45, 2.75) is 39.2 Å². The highest BCUT2D eigenvalue weighted by atomic mass is 19.1. The summed E-state index contributed by atoms with van der Waals surface area (Å²) in [6.45, 7) is 6.41. The lowest BCUT2D eigenvalue weighted by Crippen LogP contribution is -2.53. The Labute approximate surface area is 165 Å². The van der Waals surface area contributed by atoms with Crippen LogP contribution in [0.1, 0.15) is 47.4 Å². The van der Waals surface area contributed by atoms with Gasteiger partial charge in [0.05, 0.1) is 5.69 Å². The number of carbonyl (C=O) groups excluding carboxylic acids is 1. The lowest BCUT2D eigenvalue weighted by Gasteiger charge is -2.48. The van der Waals surface area contributed by atoms with Crippen LogP contribution in [-0.2, 0) is 6.54 Å². The van der Waals surface area contributed by atoms with Crippen LogP contribution in [0, 0.1) is 18.3 Å². The first-order valence-electron chi connectivity index (χ1n) is 10.1. The van der Waals surface area contributed by atoms with Gasteiger partial charge in [-0.1, -0.05) is 6.07 Å². The predicted octanol–water partition coefficient (Wildman–Crippen LogP) is 3.44. The number of amides is 1. The third kappa shape index (κ3) is 4.22. The molecule has 1 unspecified atom stereocenters. The normalized spacial score (nSPS) is 23.1. The van der Waals surface area contributed by atoms with Gasteiger partial charge in [0.2, 0.25) is 5.95 Å². The second kappa shape index (κ2) is 7.95. The number of piperidine rings is 2. The van der Waals surface area contributed by atoms with Crippen molar-refractivity contribution in [3.05, 3.63) is 59.4 Å². The molecular formula is C22H27FN4O. The first-order chi connectivity index (χ1) is 13.5. The van der Waals surface area contributed by atoms with E-state index in [0.717, 1.165) is 69.8 Å². The Morgan fingerprint density at radius 1 is 1.18 bits per heavy atom. The van der Waals surface area contributed by atoms with Gasteiger partial charge in [-0.3, -0.25) is 14.7 Å². The Morgan fingerprint density at radius 2 is 2.00 bits per heavy atom. The monoisotopic (exact) mass is 382 g/mol. The van der Waals surface area contributed by atoms with Crippen molar-refractivity contribution in [1.82, 2.24) is 19.8 Å². The van der Waals surface area contributed by atoms with Crippen LogP contribution >= 0.6 is 0 Å². The van der Waals surface area contributed by atoms with Crippen molar-refractivity contribution in [2.75, 3.05) is 26.2 Å². The molecule has 1 spiro atoms. The van der Waals surface area contributed by atoms with Crippen LogP contribution in [0.5, 0.6) is 0 Å². The van der Waals surface area contributed by atoms with Crippen molar-refractivity contribution in [2.24, 2.45) is 5.41 Å². The molecule has 4 heterocycles. The van der Waals surface area contributed by atoms with E-state index in [4.69, 9.17) is 0 Å². The highest BCUT2D eigenvalue weighted by Crippen LogP contribution is 2.39. The Bertz CT molecular complexity index is 854. The molecular weight excluding hydrogens is 355 g/mol. The lowest BCUT2D eigenvalue weighted by atomic mass is 9.73. The fourth-order valence-corrected chi connectivity index (χ4v) is 4.79. The molecule has 1 amide bonds. The van der Waals surface area contributed by atoms with Gasteiger partial charge in [0.1, 0.15) is 0 Å². The third-order valence-corrected chi connectivity index (χ3v) is 5.99. The molecule has 0 aliphatic carbocycles. The molecule has 6 heteroatoms. The summed E-state index contributed by atoms with van der Waals surface area (Å²) < 4.78 is 13.4. The summed E-state index contributed by atoms with van der Waals surface area (Å²) in [7, 11) is 0. The van der Waals surface area contributed by atoms with Crippen LogP contribution < -0.4 is 0 Å². The summed E-state index contributed by atoms with van der Waals surface area (Å²) in [5.74, 6) is -0.690. The first-order valence-corrected chi connectivity index (χ1v) is 10.1. The van der Waals surface area contributed by atoms with Gasteiger partial charge in [0.15, 0.2) is 0 Å².